The van der Waals surface area contributed by atoms with E-state index < -0.39 is 11.9 Å². The van der Waals surface area contributed by atoms with Crippen molar-refractivity contribution in [2.24, 2.45) is 5.73 Å². The first-order chi connectivity index (χ1) is 14.9. The number of urea groups is 1. The van der Waals surface area contributed by atoms with E-state index in [-0.39, 0.29) is 12.5 Å². The van der Waals surface area contributed by atoms with Crippen LogP contribution in [-0.4, -0.2) is 42.4 Å². The van der Waals surface area contributed by atoms with E-state index in [1.54, 1.807) is 18.2 Å². The van der Waals surface area contributed by atoms with Crippen molar-refractivity contribution in [1.82, 2.24) is 10.2 Å². The molecule has 2 aromatic carbocycles. The number of anilines is 1. The summed E-state index contributed by atoms with van der Waals surface area (Å²) in [5, 5.41) is 13.9. The minimum absolute atomic E-state index is 0.0844. The average Bonchev–Trinajstić information content (AvgIpc) is 2.79. The number of nitrogens with two attached hydrogens (primary N) is 1. The number of aryl methyl sites for hydroxylation is 1. The van der Waals surface area contributed by atoms with Crippen LogP contribution >= 0.6 is 0 Å². The van der Waals surface area contributed by atoms with E-state index in [0.717, 1.165) is 18.4 Å². The summed E-state index contributed by atoms with van der Waals surface area (Å²) in [7, 11) is 0. The molecule has 3 rings (SSSR count). The van der Waals surface area contributed by atoms with Gasteiger partial charge in [0.15, 0.2) is 0 Å². The summed E-state index contributed by atoms with van der Waals surface area (Å²) in [6, 6.07) is 14.4. The van der Waals surface area contributed by atoms with Gasteiger partial charge in [-0.15, -0.1) is 0 Å². The number of carbonyl (C=O) groups excluding carboxylic acids is 3. The zero-order chi connectivity index (χ0) is 22.4. The summed E-state index contributed by atoms with van der Waals surface area (Å²) < 4.78 is 0. The van der Waals surface area contributed by atoms with Crippen LogP contribution in [0.25, 0.3) is 0 Å². The highest BCUT2D eigenvalue weighted by Crippen LogP contribution is 2.29. The highest BCUT2D eigenvalue weighted by Gasteiger charge is 2.25. The molecule has 0 bridgehead atoms. The van der Waals surface area contributed by atoms with Gasteiger partial charge in [0.2, 0.25) is 5.91 Å². The Labute approximate surface area is 181 Å². The van der Waals surface area contributed by atoms with Crippen molar-refractivity contribution in [3.8, 4) is 6.07 Å². The lowest BCUT2D eigenvalue weighted by molar-refractivity contribution is -0.117. The first-order valence-corrected chi connectivity index (χ1v) is 10.1. The number of carbonyl (C=O) groups is 3. The van der Waals surface area contributed by atoms with Crippen LogP contribution in [0.5, 0.6) is 0 Å². The van der Waals surface area contributed by atoms with Gasteiger partial charge in [0.25, 0.3) is 5.91 Å². The number of rotatable bonds is 5. The molecule has 4 amide bonds. The van der Waals surface area contributed by atoms with Crippen LogP contribution in [0, 0.1) is 18.3 Å². The van der Waals surface area contributed by atoms with E-state index in [2.05, 4.69) is 16.7 Å². The fourth-order valence-electron chi connectivity index (χ4n) is 3.65. The second-order valence-electron chi connectivity index (χ2n) is 7.60. The summed E-state index contributed by atoms with van der Waals surface area (Å²) in [6.07, 6.45) is 1.70. The molecule has 31 heavy (non-hydrogen) atoms. The monoisotopic (exact) mass is 419 g/mol. The fourth-order valence-corrected chi connectivity index (χ4v) is 3.65. The highest BCUT2D eigenvalue weighted by atomic mass is 16.2. The smallest absolute Gasteiger partial charge is 0.319 e. The topological polar surface area (TPSA) is 128 Å². The first kappa shape index (κ1) is 21.8. The van der Waals surface area contributed by atoms with Crippen molar-refractivity contribution in [1.29, 1.82) is 5.26 Å². The van der Waals surface area contributed by atoms with Crippen LogP contribution in [0.1, 0.15) is 45.8 Å². The van der Waals surface area contributed by atoms with Crippen molar-refractivity contribution >= 4 is 23.5 Å². The fraction of sp³-hybridized carbons (Fsp3) is 0.304. The molecule has 1 aliphatic heterocycles. The van der Waals surface area contributed by atoms with Gasteiger partial charge in [0.05, 0.1) is 18.2 Å². The predicted octanol–water partition coefficient (Wildman–Crippen LogP) is 2.49. The molecule has 0 spiro atoms. The van der Waals surface area contributed by atoms with Crippen molar-refractivity contribution in [2.45, 2.75) is 25.7 Å². The quantitative estimate of drug-likeness (QED) is 0.688. The molecular formula is C23H25N5O3. The molecule has 0 radical (unpaired) electrons. The zero-order valence-electron chi connectivity index (χ0n) is 17.4. The highest BCUT2D eigenvalue weighted by molar-refractivity contribution is 5.98. The Morgan fingerprint density at radius 1 is 1.13 bits per heavy atom. The molecule has 0 aromatic heterocycles. The third kappa shape index (κ3) is 5.60. The Morgan fingerprint density at radius 3 is 2.42 bits per heavy atom. The van der Waals surface area contributed by atoms with Gasteiger partial charge in [-0.2, -0.15) is 5.26 Å². The molecule has 4 N–H and O–H groups in total. The van der Waals surface area contributed by atoms with Crippen molar-refractivity contribution in [2.75, 3.05) is 25.0 Å². The molecule has 1 fully saturated rings. The van der Waals surface area contributed by atoms with E-state index in [1.807, 2.05) is 36.1 Å². The second kappa shape index (κ2) is 9.76. The van der Waals surface area contributed by atoms with Gasteiger partial charge in [-0.1, -0.05) is 18.2 Å². The van der Waals surface area contributed by atoms with Crippen molar-refractivity contribution in [3.05, 3.63) is 64.7 Å². The lowest BCUT2D eigenvalue weighted by Crippen LogP contribution is -2.38. The maximum Gasteiger partial charge on any atom is 0.319 e. The largest absolute Gasteiger partial charge is 0.368 e. The van der Waals surface area contributed by atoms with E-state index >= 15 is 0 Å². The number of nitrogens with one attached hydrogen (secondary N) is 2. The van der Waals surface area contributed by atoms with E-state index in [0.29, 0.717) is 35.8 Å². The second-order valence-corrected chi connectivity index (χ2v) is 7.60. The maximum absolute atomic E-state index is 13.0. The van der Waals surface area contributed by atoms with Gasteiger partial charge in [-0.05, 0) is 61.1 Å². The van der Waals surface area contributed by atoms with Crippen LogP contribution in [-0.2, 0) is 4.79 Å². The van der Waals surface area contributed by atoms with Gasteiger partial charge >= 0.3 is 6.03 Å². The summed E-state index contributed by atoms with van der Waals surface area (Å²) in [6.45, 7) is 2.83. The minimum atomic E-state index is -0.639. The van der Waals surface area contributed by atoms with E-state index in [4.69, 9.17) is 11.0 Å². The predicted molar refractivity (Wildman–Crippen MR) is 116 cm³/mol. The minimum Gasteiger partial charge on any atom is -0.368 e. The molecule has 0 unspecified atom stereocenters. The Morgan fingerprint density at radius 2 is 1.81 bits per heavy atom. The summed E-state index contributed by atoms with van der Waals surface area (Å²) in [5.41, 5.74) is 8.65. The Kier molecular flexibility index (Phi) is 6.88. The molecule has 8 nitrogen and oxygen atoms in total. The number of hydrogen-bond acceptors (Lipinski definition) is 4. The van der Waals surface area contributed by atoms with Crippen LogP contribution in [0.3, 0.4) is 0 Å². The number of nitrogens with zero attached hydrogens (tertiary/aromatic N) is 2. The normalized spacial score (nSPS) is 13.9. The van der Waals surface area contributed by atoms with Crippen LogP contribution < -0.4 is 16.4 Å². The number of piperidine rings is 1. The number of benzene rings is 2. The number of nitriles is 1. The molecule has 0 saturated carbocycles. The lowest BCUT2D eigenvalue weighted by atomic mass is 9.89. The molecule has 1 saturated heterocycles. The molecule has 2 aromatic rings. The van der Waals surface area contributed by atoms with Crippen molar-refractivity contribution in [3.63, 3.8) is 0 Å². The molecule has 1 heterocycles. The maximum atomic E-state index is 13.0. The molecule has 0 aliphatic carbocycles. The number of hydrogen-bond donors (Lipinski definition) is 3. The van der Waals surface area contributed by atoms with Crippen LogP contribution in [0.4, 0.5) is 10.5 Å². The van der Waals surface area contributed by atoms with Gasteiger partial charge in [0, 0.05) is 24.3 Å². The number of amides is 4. The SMILES string of the molecule is Cc1ccc(C(=O)N2CCC(c3ccc(C#N)cc3)CC2)cc1NC(=O)NCC(N)=O. The van der Waals surface area contributed by atoms with Gasteiger partial charge in [-0.25, -0.2) is 4.79 Å². The average molecular weight is 419 g/mol. The Bertz CT molecular complexity index is 1020. The number of primary amides is 1. The molecular weight excluding hydrogens is 394 g/mol. The summed E-state index contributed by atoms with van der Waals surface area (Å²) in [4.78, 5) is 37.5. The van der Waals surface area contributed by atoms with Crippen LogP contribution in [0.2, 0.25) is 0 Å². The number of likely N-dealkylation sites (tertiary alicyclic amines) is 1. The van der Waals surface area contributed by atoms with Gasteiger partial charge in [0.1, 0.15) is 0 Å². The van der Waals surface area contributed by atoms with Crippen LogP contribution in [0.15, 0.2) is 42.5 Å². The molecule has 160 valence electrons. The van der Waals surface area contributed by atoms with Gasteiger partial charge < -0.3 is 21.3 Å². The standard InChI is InChI=1S/C23H25N5O3/c1-15-2-5-19(12-20(15)27-23(31)26-14-21(25)29)22(30)28-10-8-18(9-11-28)17-6-3-16(13-24)4-7-17/h2-7,12,18H,8-11,14H2,1H3,(H2,25,29)(H2,26,27,31). The molecule has 1 aliphatic rings. The zero-order valence-corrected chi connectivity index (χ0v) is 17.4. The van der Waals surface area contributed by atoms with E-state index in [9.17, 15) is 14.4 Å². The summed E-state index contributed by atoms with van der Waals surface area (Å²) in [5.74, 6) is -0.361. The molecule has 0 atom stereocenters. The first-order valence-electron chi connectivity index (χ1n) is 10.1. The Hall–Kier alpha value is -3.86. The summed E-state index contributed by atoms with van der Waals surface area (Å²) >= 11 is 0. The van der Waals surface area contributed by atoms with E-state index in [1.165, 1.54) is 5.56 Å². The third-order valence-electron chi connectivity index (χ3n) is 5.45. The van der Waals surface area contributed by atoms with Crippen molar-refractivity contribution < 1.29 is 14.4 Å². The Balaban J connectivity index is 1.62. The van der Waals surface area contributed by atoms with Gasteiger partial charge in [-0.3, -0.25) is 9.59 Å². The molecule has 8 heteroatoms. The third-order valence-corrected chi connectivity index (χ3v) is 5.45. The lowest BCUT2D eigenvalue weighted by Gasteiger charge is -2.32.